The number of hydrogen-bond donors (Lipinski definition) is 2. The first-order chi connectivity index (χ1) is 16.0. The van der Waals surface area contributed by atoms with Crippen molar-refractivity contribution in [2.75, 3.05) is 6.61 Å². The van der Waals surface area contributed by atoms with Crippen molar-refractivity contribution in [1.82, 2.24) is 4.57 Å². The number of nitrogens with zero attached hydrogens (tertiary/aromatic N) is 1. The van der Waals surface area contributed by atoms with Crippen molar-refractivity contribution >= 4 is 22.8 Å². The highest BCUT2D eigenvalue weighted by molar-refractivity contribution is 5.97. The fraction of sp³-hybridized carbons (Fsp3) is 0.185. The van der Waals surface area contributed by atoms with Gasteiger partial charge in [0.1, 0.15) is 5.75 Å². The van der Waals surface area contributed by atoms with Gasteiger partial charge in [0, 0.05) is 17.6 Å². The monoisotopic (exact) mass is 440 g/mol. The maximum Gasteiger partial charge on any atom is 0.341 e. The van der Waals surface area contributed by atoms with Crippen molar-refractivity contribution in [3.8, 4) is 16.9 Å². The molecule has 33 heavy (non-hydrogen) atoms. The maximum absolute atomic E-state index is 12.2. The van der Waals surface area contributed by atoms with Gasteiger partial charge in [0.15, 0.2) is 6.61 Å². The molecule has 1 atom stereocenters. The lowest BCUT2D eigenvalue weighted by atomic mass is 9.99. The van der Waals surface area contributed by atoms with Crippen LogP contribution in [-0.4, -0.2) is 28.2 Å². The van der Waals surface area contributed by atoms with E-state index < -0.39 is 18.5 Å². The lowest BCUT2D eigenvalue weighted by Gasteiger charge is -2.12. The molecule has 1 aliphatic rings. The van der Waals surface area contributed by atoms with Crippen LogP contribution >= 0.6 is 0 Å². The molecule has 3 N–H and O–H groups in total. The Labute approximate surface area is 191 Å². The van der Waals surface area contributed by atoms with Gasteiger partial charge in [-0.1, -0.05) is 60.7 Å². The first-order valence-corrected chi connectivity index (χ1v) is 10.9. The summed E-state index contributed by atoms with van der Waals surface area (Å²) in [6, 6.07) is 24.3. The molecule has 6 heteroatoms. The smallest absolute Gasteiger partial charge is 0.341 e. The summed E-state index contributed by atoms with van der Waals surface area (Å²) in [5, 5.41) is 9.87. The predicted molar refractivity (Wildman–Crippen MR) is 126 cm³/mol. The Bertz CT molecular complexity index is 1340. The van der Waals surface area contributed by atoms with Crippen LogP contribution in [0, 0.1) is 0 Å². The van der Waals surface area contributed by atoms with Crippen molar-refractivity contribution in [2.45, 2.75) is 25.3 Å². The minimum Gasteiger partial charge on any atom is -0.481 e. The van der Waals surface area contributed by atoms with E-state index in [0.29, 0.717) is 18.7 Å². The molecule has 0 saturated carbocycles. The lowest BCUT2D eigenvalue weighted by molar-refractivity contribution is -0.139. The first kappa shape index (κ1) is 20.8. The van der Waals surface area contributed by atoms with Crippen LogP contribution < -0.4 is 10.5 Å². The molecule has 1 aliphatic carbocycles. The molecule has 6 nitrogen and oxygen atoms in total. The summed E-state index contributed by atoms with van der Waals surface area (Å²) in [7, 11) is 0. The van der Waals surface area contributed by atoms with E-state index in [1.54, 1.807) is 6.07 Å². The van der Waals surface area contributed by atoms with Gasteiger partial charge in [-0.05, 0) is 47.2 Å². The number of ether oxygens (including phenoxy) is 1. The summed E-state index contributed by atoms with van der Waals surface area (Å²) in [6.45, 7) is 0.190. The molecule has 0 radical (unpaired) electrons. The Balaban J connectivity index is 1.57. The molecule has 0 bridgehead atoms. The van der Waals surface area contributed by atoms with E-state index >= 15 is 0 Å². The minimum atomic E-state index is -1.05. The largest absolute Gasteiger partial charge is 0.481 e. The third kappa shape index (κ3) is 3.84. The maximum atomic E-state index is 12.2. The number of nitrogens with two attached hydrogens (primary N) is 1. The number of benzene rings is 3. The van der Waals surface area contributed by atoms with Gasteiger partial charge in [-0.2, -0.15) is 0 Å². The molecule has 0 aliphatic heterocycles. The Morgan fingerprint density at radius 3 is 2.39 bits per heavy atom. The van der Waals surface area contributed by atoms with Crippen molar-refractivity contribution in [1.29, 1.82) is 0 Å². The molecule has 0 saturated heterocycles. The zero-order valence-corrected chi connectivity index (χ0v) is 18.0. The van der Waals surface area contributed by atoms with Crippen LogP contribution in [0.3, 0.4) is 0 Å². The average molecular weight is 440 g/mol. The number of amides is 1. The molecular formula is C27H24N2O4. The molecule has 1 unspecified atom stereocenters. The highest BCUT2D eigenvalue weighted by Crippen LogP contribution is 2.44. The zero-order chi connectivity index (χ0) is 22.9. The average Bonchev–Trinajstić information content (AvgIpc) is 3.38. The standard InChI is InChI=1S/C27H24N2O4/c28-27(32)20-13-14-22-25(20)26-21(7-4-8-23(26)33-16-24(30)31)29(22)15-17-9-11-19(12-10-17)18-5-2-1-3-6-18/h1-12,20H,13-16H2,(H2,28,32)(H,30,31). The van der Waals surface area contributed by atoms with E-state index in [2.05, 4.69) is 41.0 Å². The molecule has 166 valence electrons. The van der Waals surface area contributed by atoms with E-state index in [1.165, 1.54) is 5.56 Å². The fourth-order valence-electron chi connectivity index (χ4n) is 4.86. The van der Waals surface area contributed by atoms with Gasteiger partial charge in [-0.25, -0.2) is 4.79 Å². The van der Waals surface area contributed by atoms with Crippen molar-refractivity contribution in [3.63, 3.8) is 0 Å². The zero-order valence-electron chi connectivity index (χ0n) is 18.0. The number of rotatable bonds is 7. The van der Waals surface area contributed by atoms with Crippen LogP contribution in [0.4, 0.5) is 0 Å². The van der Waals surface area contributed by atoms with Gasteiger partial charge in [-0.3, -0.25) is 4.79 Å². The molecule has 0 fully saturated rings. The number of primary amides is 1. The van der Waals surface area contributed by atoms with Gasteiger partial charge >= 0.3 is 5.97 Å². The first-order valence-electron chi connectivity index (χ1n) is 10.9. The predicted octanol–water partition coefficient (Wildman–Crippen LogP) is 4.34. The van der Waals surface area contributed by atoms with Crippen LogP contribution in [0.1, 0.15) is 29.2 Å². The SMILES string of the molecule is NC(=O)C1CCc2c1c1c(OCC(=O)O)cccc1n2Cc1ccc(-c2ccccc2)cc1. The molecule has 1 amide bonds. The summed E-state index contributed by atoms with van der Waals surface area (Å²) >= 11 is 0. The van der Waals surface area contributed by atoms with Crippen LogP contribution in [0.15, 0.2) is 72.8 Å². The third-order valence-corrected chi connectivity index (χ3v) is 6.32. The van der Waals surface area contributed by atoms with Gasteiger partial charge in [0.25, 0.3) is 0 Å². The Morgan fingerprint density at radius 2 is 1.70 bits per heavy atom. The Kier molecular flexibility index (Phi) is 5.34. The topological polar surface area (TPSA) is 94.6 Å². The Hall–Kier alpha value is -4.06. The minimum absolute atomic E-state index is 0.368. The fourth-order valence-corrected chi connectivity index (χ4v) is 4.86. The highest BCUT2D eigenvalue weighted by atomic mass is 16.5. The van der Waals surface area contributed by atoms with Gasteiger partial charge in [0.05, 0.1) is 11.4 Å². The summed E-state index contributed by atoms with van der Waals surface area (Å²) in [5.41, 5.74) is 12.0. The van der Waals surface area contributed by atoms with Gasteiger partial charge in [-0.15, -0.1) is 0 Å². The molecule has 5 rings (SSSR count). The Morgan fingerprint density at radius 1 is 0.970 bits per heavy atom. The molecule has 1 heterocycles. The van der Waals surface area contributed by atoms with Crippen LogP contribution in [-0.2, 0) is 22.6 Å². The van der Waals surface area contributed by atoms with Crippen molar-refractivity contribution < 1.29 is 19.4 Å². The van der Waals surface area contributed by atoms with Crippen LogP contribution in [0.25, 0.3) is 22.0 Å². The quantitative estimate of drug-likeness (QED) is 0.447. The number of hydrogen-bond acceptors (Lipinski definition) is 3. The highest BCUT2D eigenvalue weighted by Gasteiger charge is 2.34. The second-order valence-electron chi connectivity index (χ2n) is 8.34. The van der Waals surface area contributed by atoms with E-state index in [0.717, 1.165) is 39.7 Å². The summed E-state index contributed by atoms with van der Waals surface area (Å²) in [5.74, 6) is -1.35. The van der Waals surface area contributed by atoms with E-state index in [4.69, 9.17) is 15.6 Å². The number of carboxylic acids is 1. The van der Waals surface area contributed by atoms with E-state index in [9.17, 15) is 9.59 Å². The van der Waals surface area contributed by atoms with E-state index in [-0.39, 0.29) is 5.91 Å². The van der Waals surface area contributed by atoms with Gasteiger partial charge < -0.3 is 20.1 Å². The number of carbonyl (C=O) groups is 2. The summed E-state index contributed by atoms with van der Waals surface area (Å²) < 4.78 is 7.80. The summed E-state index contributed by atoms with van der Waals surface area (Å²) in [6.07, 6.45) is 1.38. The molecular weight excluding hydrogens is 416 g/mol. The second kappa shape index (κ2) is 8.47. The molecule has 1 aromatic heterocycles. The van der Waals surface area contributed by atoms with Crippen molar-refractivity contribution in [2.24, 2.45) is 5.73 Å². The summed E-state index contributed by atoms with van der Waals surface area (Å²) in [4.78, 5) is 23.3. The van der Waals surface area contributed by atoms with Crippen LogP contribution in [0.2, 0.25) is 0 Å². The number of carboxylic acid groups (broad SMARTS) is 1. The van der Waals surface area contributed by atoms with Gasteiger partial charge in [0.2, 0.25) is 5.91 Å². The normalized spacial score (nSPS) is 14.8. The number of aliphatic carboxylic acids is 1. The number of carbonyl (C=O) groups excluding carboxylic acids is 1. The molecule has 4 aromatic rings. The number of fused-ring (bicyclic) bond motifs is 3. The van der Waals surface area contributed by atoms with Crippen molar-refractivity contribution in [3.05, 3.63) is 89.6 Å². The lowest BCUT2D eigenvalue weighted by Crippen LogP contribution is -2.19. The van der Waals surface area contributed by atoms with E-state index in [1.807, 2.05) is 30.3 Å². The van der Waals surface area contributed by atoms with Crippen LogP contribution in [0.5, 0.6) is 5.75 Å². The molecule has 3 aromatic carbocycles. The second-order valence-corrected chi connectivity index (χ2v) is 8.34. The number of aromatic nitrogens is 1. The molecule has 0 spiro atoms. The third-order valence-electron chi connectivity index (χ3n) is 6.32.